The van der Waals surface area contributed by atoms with Gasteiger partial charge in [0.2, 0.25) is 0 Å². The van der Waals surface area contributed by atoms with Gasteiger partial charge in [0, 0.05) is 23.6 Å². The fourth-order valence-electron chi connectivity index (χ4n) is 1.99. The SMILES string of the molecule is CC(=O)CN(C)Cc1c[nH]c2ccccc12. The van der Waals surface area contributed by atoms with Gasteiger partial charge in [-0.05, 0) is 25.6 Å². The molecule has 16 heavy (non-hydrogen) atoms. The molecule has 3 heteroatoms. The third-order valence-electron chi connectivity index (χ3n) is 2.61. The van der Waals surface area contributed by atoms with Crippen molar-refractivity contribution in [1.82, 2.24) is 9.88 Å². The van der Waals surface area contributed by atoms with E-state index in [1.807, 2.05) is 30.3 Å². The second-order valence-electron chi connectivity index (χ2n) is 4.23. The highest BCUT2D eigenvalue weighted by Gasteiger charge is 2.07. The van der Waals surface area contributed by atoms with Gasteiger partial charge >= 0.3 is 0 Å². The summed E-state index contributed by atoms with van der Waals surface area (Å²) in [7, 11) is 1.96. The first-order chi connectivity index (χ1) is 7.66. The second kappa shape index (κ2) is 4.49. The van der Waals surface area contributed by atoms with Gasteiger partial charge in [0.05, 0.1) is 6.54 Å². The van der Waals surface area contributed by atoms with Crippen LogP contribution in [-0.2, 0) is 11.3 Å². The lowest BCUT2D eigenvalue weighted by Gasteiger charge is -2.13. The summed E-state index contributed by atoms with van der Waals surface area (Å²) in [4.78, 5) is 16.3. The average Bonchev–Trinajstić information content (AvgIpc) is 2.61. The summed E-state index contributed by atoms with van der Waals surface area (Å²) in [5.74, 6) is 0.197. The molecule has 0 atom stereocenters. The molecule has 2 rings (SSSR count). The number of hydrogen-bond donors (Lipinski definition) is 1. The van der Waals surface area contributed by atoms with Crippen LogP contribution in [0.5, 0.6) is 0 Å². The molecule has 0 aliphatic rings. The van der Waals surface area contributed by atoms with Gasteiger partial charge in [-0.2, -0.15) is 0 Å². The summed E-state index contributed by atoms with van der Waals surface area (Å²) < 4.78 is 0. The Balaban J connectivity index is 2.18. The van der Waals surface area contributed by atoms with Crippen molar-refractivity contribution in [2.45, 2.75) is 13.5 Å². The first-order valence-corrected chi connectivity index (χ1v) is 5.40. The number of hydrogen-bond acceptors (Lipinski definition) is 2. The molecule has 0 aliphatic carbocycles. The van der Waals surface area contributed by atoms with Crippen molar-refractivity contribution in [3.63, 3.8) is 0 Å². The summed E-state index contributed by atoms with van der Waals surface area (Å²) in [6, 6.07) is 8.21. The highest BCUT2D eigenvalue weighted by molar-refractivity contribution is 5.83. The number of benzene rings is 1. The van der Waals surface area contributed by atoms with Crippen molar-refractivity contribution in [3.8, 4) is 0 Å². The van der Waals surface area contributed by atoms with Crippen molar-refractivity contribution in [2.24, 2.45) is 0 Å². The quantitative estimate of drug-likeness (QED) is 0.850. The van der Waals surface area contributed by atoms with E-state index in [2.05, 4.69) is 17.1 Å². The van der Waals surface area contributed by atoms with Crippen molar-refractivity contribution in [3.05, 3.63) is 36.0 Å². The van der Waals surface area contributed by atoms with Crippen molar-refractivity contribution < 1.29 is 4.79 Å². The van der Waals surface area contributed by atoms with Crippen LogP contribution in [0.1, 0.15) is 12.5 Å². The maximum Gasteiger partial charge on any atom is 0.143 e. The number of fused-ring (bicyclic) bond motifs is 1. The van der Waals surface area contributed by atoms with Gasteiger partial charge in [0.25, 0.3) is 0 Å². The molecule has 1 heterocycles. The van der Waals surface area contributed by atoms with Crippen LogP contribution in [0.15, 0.2) is 30.5 Å². The molecule has 0 bridgehead atoms. The van der Waals surface area contributed by atoms with Gasteiger partial charge in [-0.25, -0.2) is 0 Å². The predicted molar refractivity (Wildman–Crippen MR) is 65.3 cm³/mol. The van der Waals surface area contributed by atoms with Crippen molar-refractivity contribution in [2.75, 3.05) is 13.6 Å². The molecule has 84 valence electrons. The third kappa shape index (κ3) is 2.31. The number of H-pyrrole nitrogens is 1. The molecule has 1 N–H and O–H groups in total. The Morgan fingerprint density at radius 1 is 1.38 bits per heavy atom. The summed E-state index contributed by atoms with van der Waals surface area (Å²) in [6.45, 7) is 2.91. The third-order valence-corrected chi connectivity index (χ3v) is 2.61. The number of carbonyl (C=O) groups is 1. The molecule has 0 fully saturated rings. The minimum absolute atomic E-state index is 0.197. The Morgan fingerprint density at radius 3 is 2.88 bits per heavy atom. The summed E-state index contributed by atoms with van der Waals surface area (Å²) in [5.41, 5.74) is 2.38. The van der Waals surface area contributed by atoms with E-state index in [1.54, 1.807) is 6.92 Å². The Morgan fingerprint density at radius 2 is 2.12 bits per heavy atom. The van der Waals surface area contributed by atoms with Crippen LogP contribution in [0.25, 0.3) is 10.9 Å². The van der Waals surface area contributed by atoms with E-state index in [0.29, 0.717) is 6.54 Å². The van der Waals surface area contributed by atoms with E-state index in [1.165, 1.54) is 10.9 Å². The molecule has 0 radical (unpaired) electrons. The minimum atomic E-state index is 0.197. The zero-order valence-electron chi connectivity index (χ0n) is 9.66. The second-order valence-corrected chi connectivity index (χ2v) is 4.23. The molecular formula is C13H16N2O. The first kappa shape index (κ1) is 10.9. The van der Waals surface area contributed by atoms with Crippen LogP contribution in [0, 0.1) is 0 Å². The molecule has 3 nitrogen and oxygen atoms in total. The van der Waals surface area contributed by atoms with E-state index in [4.69, 9.17) is 0 Å². The monoisotopic (exact) mass is 216 g/mol. The maximum absolute atomic E-state index is 11.0. The van der Waals surface area contributed by atoms with Gasteiger partial charge < -0.3 is 4.98 Å². The van der Waals surface area contributed by atoms with E-state index in [-0.39, 0.29) is 5.78 Å². The predicted octanol–water partition coefficient (Wildman–Crippen LogP) is 2.19. The zero-order valence-corrected chi connectivity index (χ0v) is 9.66. The van der Waals surface area contributed by atoms with Gasteiger partial charge in [-0.1, -0.05) is 18.2 Å². The number of para-hydroxylation sites is 1. The van der Waals surface area contributed by atoms with E-state index < -0.39 is 0 Å². The Hall–Kier alpha value is -1.61. The zero-order chi connectivity index (χ0) is 11.5. The number of rotatable bonds is 4. The molecule has 0 saturated carbocycles. The van der Waals surface area contributed by atoms with E-state index >= 15 is 0 Å². The number of carbonyl (C=O) groups excluding carboxylic acids is 1. The fourth-order valence-corrected chi connectivity index (χ4v) is 1.99. The van der Waals surface area contributed by atoms with Gasteiger partial charge in [-0.3, -0.25) is 9.69 Å². The normalized spacial score (nSPS) is 11.2. The van der Waals surface area contributed by atoms with Gasteiger partial charge in [0.15, 0.2) is 0 Å². The molecule has 1 aromatic carbocycles. The number of aromatic nitrogens is 1. The fraction of sp³-hybridized carbons (Fsp3) is 0.308. The largest absolute Gasteiger partial charge is 0.361 e. The van der Waals surface area contributed by atoms with E-state index in [0.717, 1.165) is 12.1 Å². The van der Waals surface area contributed by atoms with Crippen LogP contribution in [0.4, 0.5) is 0 Å². The molecule has 0 amide bonds. The molecular weight excluding hydrogens is 200 g/mol. The van der Waals surface area contributed by atoms with Crippen LogP contribution in [0.2, 0.25) is 0 Å². The maximum atomic E-state index is 11.0. The van der Waals surface area contributed by atoms with Crippen LogP contribution in [-0.4, -0.2) is 29.3 Å². The van der Waals surface area contributed by atoms with Crippen LogP contribution < -0.4 is 0 Å². The smallest absolute Gasteiger partial charge is 0.143 e. The molecule has 0 saturated heterocycles. The minimum Gasteiger partial charge on any atom is -0.361 e. The molecule has 1 aromatic heterocycles. The Kier molecular flexibility index (Phi) is 3.06. The van der Waals surface area contributed by atoms with Gasteiger partial charge in [-0.15, -0.1) is 0 Å². The molecule has 0 spiro atoms. The number of ketones is 1. The first-order valence-electron chi connectivity index (χ1n) is 5.40. The highest BCUT2D eigenvalue weighted by atomic mass is 16.1. The summed E-state index contributed by atoms with van der Waals surface area (Å²) >= 11 is 0. The molecule has 0 unspecified atom stereocenters. The number of aromatic amines is 1. The topological polar surface area (TPSA) is 36.1 Å². The number of likely N-dealkylation sites (N-methyl/N-ethyl adjacent to an activating group) is 1. The summed E-state index contributed by atoms with van der Waals surface area (Å²) in [5, 5.41) is 1.23. The summed E-state index contributed by atoms with van der Waals surface area (Å²) in [6.07, 6.45) is 2.02. The molecule has 0 aliphatic heterocycles. The number of Topliss-reactive ketones (excluding diaryl/α,β-unsaturated/α-hetero) is 1. The Labute approximate surface area is 95.1 Å². The van der Waals surface area contributed by atoms with Crippen molar-refractivity contribution in [1.29, 1.82) is 0 Å². The van der Waals surface area contributed by atoms with Crippen molar-refractivity contribution >= 4 is 16.7 Å². The van der Waals surface area contributed by atoms with Crippen LogP contribution >= 0.6 is 0 Å². The average molecular weight is 216 g/mol. The number of nitrogens with zero attached hydrogens (tertiary/aromatic N) is 1. The van der Waals surface area contributed by atoms with Crippen LogP contribution in [0.3, 0.4) is 0 Å². The lowest BCUT2D eigenvalue weighted by molar-refractivity contribution is -0.117. The molecule has 2 aromatic rings. The standard InChI is InChI=1S/C13H16N2O/c1-10(16)8-15(2)9-11-7-14-13-6-4-3-5-12(11)13/h3-7,14H,8-9H2,1-2H3. The number of nitrogens with one attached hydrogen (secondary N) is 1. The Bertz CT molecular complexity index is 501. The van der Waals surface area contributed by atoms with Gasteiger partial charge in [0.1, 0.15) is 5.78 Å². The van der Waals surface area contributed by atoms with E-state index in [9.17, 15) is 4.79 Å². The lowest BCUT2D eigenvalue weighted by Crippen LogP contribution is -2.23. The highest BCUT2D eigenvalue weighted by Crippen LogP contribution is 2.18. The lowest BCUT2D eigenvalue weighted by atomic mass is 10.1.